The molecule has 0 bridgehead atoms. The minimum Gasteiger partial charge on any atom is -0.481 e. The second kappa shape index (κ2) is 23.5. The monoisotopic (exact) mass is 857 g/mol. The van der Waals surface area contributed by atoms with Gasteiger partial charge in [0.15, 0.2) is 6.61 Å². The van der Waals surface area contributed by atoms with Gasteiger partial charge in [-0.05, 0) is 62.8 Å². The molecular formula is C39H51N7O13S. The number of fused-ring (bicyclic) bond motifs is 1. The van der Waals surface area contributed by atoms with Crippen LogP contribution in [-0.2, 0) is 60.8 Å². The third-order valence-corrected chi connectivity index (χ3v) is 8.96. The molecule has 3 rings (SSSR count). The van der Waals surface area contributed by atoms with Crippen LogP contribution in [0.25, 0.3) is 10.9 Å². The first-order valence-corrected chi connectivity index (χ1v) is 20.1. The molecule has 4 atom stereocenters. The summed E-state index contributed by atoms with van der Waals surface area (Å²) in [6.07, 6.45) is 0.815. The summed E-state index contributed by atoms with van der Waals surface area (Å²) in [5, 5.41) is 27.3. The number of aromatic amines is 1. The lowest BCUT2D eigenvalue weighted by Gasteiger charge is -2.27. The van der Waals surface area contributed by atoms with Crippen LogP contribution in [0.4, 0.5) is 4.79 Å². The number of hydroxylamine groups is 3. The lowest BCUT2D eigenvalue weighted by molar-refractivity contribution is -0.201. The number of H-pyrrole nitrogens is 1. The van der Waals surface area contributed by atoms with Gasteiger partial charge in [0.1, 0.15) is 23.7 Å². The first-order valence-electron chi connectivity index (χ1n) is 18.7. The number of carboxylic acid groups (broad SMARTS) is 2. The molecule has 326 valence electrons. The Labute approximate surface area is 349 Å². The first kappa shape index (κ1) is 48.3. The van der Waals surface area contributed by atoms with Crippen molar-refractivity contribution in [3.8, 4) is 0 Å². The third kappa shape index (κ3) is 16.3. The molecule has 1 heterocycles. The number of carbonyl (C=O) groups excluding carboxylic acids is 6. The molecule has 0 spiro atoms. The molecule has 20 nitrogen and oxygen atoms in total. The van der Waals surface area contributed by atoms with Crippen LogP contribution in [0.2, 0.25) is 0 Å². The maximum Gasteiger partial charge on any atom is 0.431 e. The number of benzene rings is 2. The number of carbonyl (C=O) groups is 8. The van der Waals surface area contributed by atoms with Crippen molar-refractivity contribution >= 4 is 70.2 Å². The minimum atomic E-state index is -1.81. The second-order valence-electron chi connectivity index (χ2n) is 14.3. The number of nitrogens with one attached hydrogen (secondary N) is 5. The zero-order valence-electron chi connectivity index (χ0n) is 33.6. The van der Waals surface area contributed by atoms with Gasteiger partial charge in [0, 0.05) is 23.5 Å². The van der Waals surface area contributed by atoms with Crippen molar-refractivity contribution in [1.82, 2.24) is 31.5 Å². The van der Waals surface area contributed by atoms with Gasteiger partial charge in [0.05, 0.1) is 25.5 Å². The van der Waals surface area contributed by atoms with Crippen LogP contribution in [0, 0.1) is 0 Å². The van der Waals surface area contributed by atoms with E-state index in [1.165, 1.54) is 11.8 Å². The summed E-state index contributed by atoms with van der Waals surface area (Å²) >= 11 is 1.37. The van der Waals surface area contributed by atoms with E-state index in [0.29, 0.717) is 11.3 Å². The highest BCUT2D eigenvalue weighted by Gasteiger charge is 2.36. The van der Waals surface area contributed by atoms with E-state index in [9.17, 15) is 48.6 Å². The molecule has 3 aromatic rings. The number of nitrogens with zero attached hydrogens (tertiary/aromatic N) is 1. The van der Waals surface area contributed by atoms with Crippen molar-refractivity contribution in [3.63, 3.8) is 0 Å². The Morgan fingerprint density at radius 1 is 0.833 bits per heavy atom. The van der Waals surface area contributed by atoms with Gasteiger partial charge in [-0.3, -0.25) is 38.4 Å². The van der Waals surface area contributed by atoms with Gasteiger partial charge in [-0.2, -0.15) is 22.3 Å². The highest BCUT2D eigenvalue weighted by molar-refractivity contribution is 7.98. The van der Waals surface area contributed by atoms with Crippen molar-refractivity contribution < 1.29 is 63.0 Å². The number of amides is 6. The van der Waals surface area contributed by atoms with Gasteiger partial charge in [0.25, 0.3) is 11.8 Å². The van der Waals surface area contributed by atoms with E-state index >= 15 is 0 Å². The molecular weight excluding hydrogens is 807 g/mol. The van der Waals surface area contributed by atoms with E-state index in [0.717, 1.165) is 16.5 Å². The lowest BCUT2D eigenvalue weighted by atomic mass is 10.0. The summed E-state index contributed by atoms with van der Waals surface area (Å²) in [6, 6.07) is 9.69. The molecule has 1 aromatic heterocycles. The van der Waals surface area contributed by atoms with Crippen molar-refractivity contribution in [2.45, 2.75) is 82.6 Å². The van der Waals surface area contributed by atoms with Crippen molar-refractivity contribution in [2.24, 2.45) is 5.73 Å². The number of ether oxygens (including phenoxy) is 1. The van der Waals surface area contributed by atoms with E-state index < -0.39 is 103 Å². The van der Waals surface area contributed by atoms with E-state index in [1.807, 2.05) is 29.7 Å². The summed E-state index contributed by atoms with van der Waals surface area (Å²) in [7, 11) is 0. The van der Waals surface area contributed by atoms with Gasteiger partial charge >= 0.3 is 18.0 Å². The quantitative estimate of drug-likeness (QED) is 0.0491. The average molecular weight is 858 g/mol. The van der Waals surface area contributed by atoms with E-state index in [1.54, 1.807) is 63.6 Å². The zero-order valence-corrected chi connectivity index (χ0v) is 34.4. The summed E-state index contributed by atoms with van der Waals surface area (Å²) in [6.45, 7) is 3.14. The molecule has 0 aliphatic carbocycles. The van der Waals surface area contributed by atoms with Crippen LogP contribution < -0.4 is 27.2 Å². The number of hydrogen-bond donors (Lipinski definition) is 8. The third-order valence-electron chi connectivity index (χ3n) is 8.32. The molecule has 21 heteroatoms. The maximum atomic E-state index is 14.0. The molecule has 0 fully saturated rings. The van der Waals surface area contributed by atoms with Crippen molar-refractivity contribution in [3.05, 3.63) is 71.9 Å². The maximum absolute atomic E-state index is 14.0. The van der Waals surface area contributed by atoms with Gasteiger partial charge in [-0.25, -0.2) is 9.59 Å². The molecule has 2 aromatic carbocycles. The van der Waals surface area contributed by atoms with Crippen LogP contribution in [0.3, 0.4) is 0 Å². The minimum absolute atomic E-state index is 0.0735. The molecule has 6 amide bonds. The normalized spacial score (nSPS) is 13.2. The summed E-state index contributed by atoms with van der Waals surface area (Å²) in [5.41, 5.74) is 9.43. The molecule has 0 radical (unpaired) electrons. The number of rotatable bonds is 23. The van der Waals surface area contributed by atoms with E-state index in [4.69, 9.17) is 20.1 Å². The Balaban J connectivity index is 1.81. The molecule has 0 saturated carbocycles. The Bertz CT molecular complexity index is 1970. The van der Waals surface area contributed by atoms with Gasteiger partial charge < -0.3 is 41.6 Å². The smallest absolute Gasteiger partial charge is 0.431 e. The fourth-order valence-electron chi connectivity index (χ4n) is 5.56. The molecule has 0 saturated heterocycles. The fourth-order valence-corrected chi connectivity index (χ4v) is 6.03. The Morgan fingerprint density at radius 3 is 2.12 bits per heavy atom. The summed E-state index contributed by atoms with van der Waals surface area (Å²) < 4.78 is 5.03. The van der Waals surface area contributed by atoms with Crippen LogP contribution in [0.5, 0.6) is 0 Å². The first-order chi connectivity index (χ1) is 28.4. The number of thioether (sulfide) groups is 1. The molecule has 60 heavy (non-hydrogen) atoms. The second-order valence-corrected chi connectivity index (χ2v) is 15.3. The van der Waals surface area contributed by atoms with Crippen LogP contribution >= 0.6 is 11.8 Å². The Kier molecular flexibility index (Phi) is 19.0. The van der Waals surface area contributed by atoms with E-state index in [2.05, 4.69) is 20.9 Å². The van der Waals surface area contributed by atoms with Crippen molar-refractivity contribution in [2.75, 3.05) is 25.2 Å². The number of hydrogen-bond acceptors (Lipinski definition) is 13. The van der Waals surface area contributed by atoms with Gasteiger partial charge in [-0.1, -0.05) is 48.5 Å². The predicted molar refractivity (Wildman–Crippen MR) is 217 cm³/mol. The number of para-hydroxylation sites is 1. The largest absolute Gasteiger partial charge is 0.481 e. The molecule has 0 unspecified atom stereocenters. The number of imide groups is 1. The molecule has 0 aliphatic heterocycles. The highest BCUT2D eigenvalue weighted by atomic mass is 32.2. The van der Waals surface area contributed by atoms with Crippen LogP contribution in [0.15, 0.2) is 60.8 Å². The van der Waals surface area contributed by atoms with Gasteiger partial charge in [0.2, 0.25) is 17.7 Å². The average Bonchev–Trinajstić information content (AvgIpc) is 3.59. The number of nitrogens with two attached hydrogens (primary N) is 1. The predicted octanol–water partition coefficient (Wildman–Crippen LogP) is 1.18. The van der Waals surface area contributed by atoms with Gasteiger partial charge in [-0.15, -0.1) is 0 Å². The molecule has 0 aliphatic rings. The fraction of sp³-hybridized carbons (Fsp3) is 0.436. The number of aromatic nitrogens is 1. The standard InChI is InChI=1S/C39H51N7O13S/c1-39(2,3)59-38(56)45-57-16-14-31(47)46(58-22-33(50)51)37(55)30(18-23-10-6-5-7-11-23)44-36(54)29(20-32(48)49)43-35(53)28(15-17-60-4)42-34(52)26(40)19-24-21-41-27-13-9-8-12-25(24)27/h5-13,21,26,28-30,41H,14-20,22,40H2,1-4H3,(H,42,52)(H,43,53)(H,44,54)(H,45,56)(H,48,49)(H,50,51)/t26-,28-,29-,30-/m0/s1. The van der Waals surface area contributed by atoms with Crippen LogP contribution in [0.1, 0.15) is 51.2 Å². The highest BCUT2D eigenvalue weighted by Crippen LogP contribution is 2.19. The Morgan fingerprint density at radius 2 is 1.47 bits per heavy atom. The Hall–Kier alpha value is -6.03. The SMILES string of the molecule is CSCC[C@H](NC(=O)[C@@H](N)Cc1c[nH]c2ccccc12)C(=O)N[C@@H](CC(=O)O)C(=O)N[C@@H](Cc1ccccc1)C(=O)N(OCC(=O)O)C(=O)CCONC(=O)OC(C)(C)C. The van der Waals surface area contributed by atoms with E-state index in [-0.39, 0.29) is 24.3 Å². The summed E-state index contributed by atoms with van der Waals surface area (Å²) in [5.74, 6) is -7.83. The topological polar surface area (TPSA) is 298 Å². The number of carboxylic acids is 2. The van der Waals surface area contributed by atoms with Crippen LogP contribution in [-0.4, -0.2) is 123 Å². The van der Waals surface area contributed by atoms with Crippen molar-refractivity contribution in [1.29, 1.82) is 0 Å². The number of aliphatic carboxylic acids is 2. The lowest BCUT2D eigenvalue weighted by Crippen LogP contribution is -2.59. The zero-order chi connectivity index (χ0) is 44.4. The summed E-state index contributed by atoms with van der Waals surface area (Å²) in [4.78, 5) is 116. The molecule has 9 N–H and O–H groups in total.